The molecule has 3 nitrogen and oxygen atoms in total. The van der Waals surface area contributed by atoms with Crippen molar-refractivity contribution >= 4 is 0 Å². The van der Waals surface area contributed by atoms with Crippen LogP contribution in [0.5, 0.6) is 0 Å². The number of aromatic nitrogens is 2. The summed E-state index contributed by atoms with van der Waals surface area (Å²) in [5.41, 5.74) is 4.05. The first kappa shape index (κ1) is 14.8. The monoisotopic (exact) mass is 271 g/mol. The summed E-state index contributed by atoms with van der Waals surface area (Å²) in [4.78, 5) is 0. The molecule has 0 saturated heterocycles. The Bertz CT molecular complexity index is 531. The van der Waals surface area contributed by atoms with Gasteiger partial charge in [-0.05, 0) is 44.4 Å². The van der Waals surface area contributed by atoms with Crippen molar-refractivity contribution in [2.45, 2.75) is 46.2 Å². The number of rotatable bonds is 7. The average molecular weight is 271 g/mol. The van der Waals surface area contributed by atoms with Crippen molar-refractivity contribution < 1.29 is 0 Å². The summed E-state index contributed by atoms with van der Waals surface area (Å²) >= 11 is 0. The third-order valence-corrected chi connectivity index (χ3v) is 3.71. The smallest absolute Gasteiger partial charge is 0.0537 e. The lowest BCUT2D eigenvalue weighted by molar-refractivity contribution is 0.527. The van der Waals surface area contributed by atoms with E-state index < -0.39 is 0 Å². The van der Waals surface area contributed by atoms with E-state index in [1.807, 2.05) is 10.9 Å². The fraction of sp³-hybridized carbons (Fsp3) is 0.471. The fourth-order valence-corrected chi connectivity index (χ4v) is 2.42. The zero-order valence-corrected chi connectivity index (χ0v) is 12.8. The van der Waals surface area contributed by atoms with E-state index in [9.17, 15) is 0 Å². The molecule has 0 aliphatic heterocycles. The molecule has 3 heteroatoms. The van der Waals surface area contributed by atoms with Gasteiger partial charge in [0.25, 0.3) is 0 Å². The molecule has 2 rings (SSSR count). The highest BCUT2D eigenvalue weighted by atomic mass is 15.3. The van der Waals surface area contributed by atoms with Gasteiger partial charge in [0.1, 0.15) is 0 Å². The molecule has 0 bridgehead atoms. The highest BCUT2D eigenvalue weighted by Crippen LogP contribution is 2.20. The van der Waals surface area contributed by atoms with Gasteiger partial charge in [-0.3, -0.25) is 4.68 Å². The standard InChI is InChI=1S/C17H25N3/c1-4-10-18-17(16-12-19-20(5-2)13-16)11-15-9-7-6-8-14(15)3/h6-9,12-13,17-18H,4-5,10-11H2,1-3H3. The molecule has 108 valence electrons. The second kappa shape index (κ2) is 7.25. The lowest BCUT2D eigenvalue weighted by Crippen LogP contribution is -2.24. The van der Waals surface area contributed by atoms with Crippen LogP contribution in [0, 0.1) is 6.92 Å². The molecule has 0 radical (unpaired) electrons. The van der Waals surface area contributed by atoms with E-state index in [0.29, 0.717) is 6.04 Å². The van der Waals surface area contributed by atoms with Gasteiger partial charge in [-0.25, -0.2) is 0 Å². The van der Waals surface area contributed by atoms with E-state index in [-0.39, 0.29) is 0 Å². The molecule has 0 saturated carbocycles. The minimum Gasteiger partial charge on any atom is -0.310 e. The Kier molecular flexibility index (Phi) is 5.36. The van der Waals surface area contributed by atoms with Gasteiger partial charge < -0.3 is 5.32 Å². The van der Waals surface area contributed by atoms with E-state index in [2.05, 4.69) is 61.6 Å². The molecule has 1 heterocycles. The van der Waals surface area contributed by atoms with Crippen LogP contribution in [-0.4, -0.2) is 16.3 Å². The quantitative estimate of drug-likeness (QED) is 0.835. The summed E-state index contributed by atoms with van der Waals surface area (Å²) in [5.74, 6) is 0. The van der Waals surface area contributed by atoms with Crippen LogP contribution >= 0.6 is 0 Å². The molecular formula is C17H25N3. The molecule has 1 unspecified atom stereocenters. The Morgan fingerprint density at radius 3 is 2.70 bits per heavy atom. The molecule has 2 aromatic rings. The predicted octanol–water partition coefficient (Wildman–Crippen LogP) is 3.49. The van der Waals surface area contributed by atoms with E-state index in [1.54, 1.807) is 0 Å². The van der Waals surface area contributed by atoms with Crippen molar-refractivity contribution in [1.29, 1.82) is 0 Å². The average Bonchev–Trinajstić information content (AvgIpc) is 2.94. The van der Waals surface area contributed by atoms with Gasteiger partial charge in [0, 0.05) is 24.3 Å². The van der Waals surface area contributed by atoms with Gasteiger partial charge in [0.15, 0.2) is 0 Å². The van der Waals surface area contributed by atoms with E-state index in [0.717, 1.165) is 25.9 Å². The SMILES string of the molecule is CCCNC(Cc1ccccc1C)c1cnn(CC)c1. The van der Waals surface area contributed by atoms with Crippen LogP contribution < -0.4 is 5.32 Å². The molecule has 20 heavy (non-hydrogen) atoms. The Morgan fingerprint density at radius 1 is 1.25 bits per heavy atom. The van der Waals surface area contributed by atoms with E-state index in [4.69, 9.17) is 0 Å². The van der Waals surface area contributed by atoms with Gasteiger partial charge >= 0.3 is 0 Å². The zero-order valence-electron chi connectivity index (χ0n) is 12.8. The number of aryl methyl sites for hydroxylation is 2. The molecule has 1 aromatic carbocycles. The Morgan fingerprint density at radius 2 is 2.05 bits per heavy atom. The molecule has 0 fully saturated rings. The number of hydrogen-bond acceptors (Lipinski definition) is 2. The molecule has 0 amide bonds. The number of benzene rings is 1. The number of nitrogens with one attached hydrogen (secondary N) is 1. The van der Waals surface area contributed by atoms with Crippen LogP contribution in [-0.2, 0) is 13.0 Å². The topological polar surface area (TPSA) is 29.9 Å². The van der Waals surface area contributed by atoms with Crippen LogP contribution in [0.15, 0.2) is 36.7 Å². The normalized spacial score (nSPS) is 12.6. The predicted molar refractivity (Wildman–Crippen MR) is 83.8 cm³/mol. The summed E-state index contributed by atoms with van der Waals surface area (Å²) < 4.78 is 1.99. The van der Waals surface area contributed by atoms with Crippen LogP contribution in [0.2, 0.25) is 0 Å². The zero-order chi connectivity index (χ0) is 14.4. The first-order chi connectivity index (χ1) is 9.74. The van der Waals surface area contributed by atoms with Crippen molar-refractivity contribution in [1.82, 2.24) is 15.1 Å². The maximum absolute atomic E-state index is 4.40. The summed E-state index contributed by atoms with van der Waals surface area (Å²) in [7, 11) is 0. The molecule has 1 aromatic heterocycles. The van der Waals surface area contributed by atoms with Gasteiger partial charge in [0.05, 0.1) is 6.20 Å². The molecule has 0 aliphatic carbocycles. The number of nitrogens with zero attached hydrogens (tertiary/aromatic N) is 2. The van der Waals surface area contributed by atoms with E-state index in [1.165, 1.54) is 16.7 Å². The summed E-state index contributed by atoms with van der Waals surface area (Å²) in [6.07, 6.45) is 6.31. The Hall–Kier alpha value is -1.61. The lowest BCUT2D eigenvalue weighted by Gasteiger charge is -2.18. The first-order valence-electron chi connectivity index (χ1n) is 7.54. The molecule has 1 atom stereocenters. The van der Waals surface area contributed by atoms with Crippen molar-refractivity contribution in [3.05, 3.63) is 53.3 Å². The Labute approximate surface area is 122 Å². The maximum Gasteiger partial charge on any atom is 0.0537 e. The molecule has 0 spiro atoms. The number of hydrogen-bond donors (Lipinski definition) is 1. The van der Waals surface area contributed by atoms with Crippen molar-refractivity contribution in [3.63, 3.8) is 0 Å². The third-order valence-electron chi connectivity index (χ3n) is 3.71. The van der Waals surface area contributed by atoms with Gasteiger partial charge in [-0.15, -0.1) is 0 Å². The summed E-state index contributed by atoms with van der Waals surface area (Å²) in [5, 5.41) is 8.05. The maximum atomic E-state index is 4.40. The second-order valence-corrected chi connectivity index (χ2v) is 5.27. The van der Waals surface area contributed by atoms with Gasteiger partial charge in [-0.2, -0.15) is 5.10 Å². The largest absolute Gasteiger partial charge is 0.310 e. The molecular weight excluding hydrogens is 246 g/mol. The van der Waals surface area contributed by atoms with Crippen LogP contribution in [0.3, 0.4) is 0 Å². The van der Waals surface area contributed by atoms with Crippen molar-refractivity contribution in [3.8, 4) is 0 Å². The van der Waals surface area contributed by atoms with Crippen LogP contribution in [0.25, 0.3) is 0 Å². The van der Waals surface area contributed by atoms with Crippen molar-refractivity contribution in [2.75, 3.05) is 6.54 Å². The van der Waals surface area contributed by atoms with E-state index >= 15 is 0 Å². The minimum absolute atomic E-state index is 0.344. The van der Waals surface area contributed by atoms with Crippen LogP contribution in [0.1, 0.15) is 43.0 Å². The Balaban J connectivity index is 2.17. The first-order valence-corrected chi connectivity index (χ1v) is 7.54. The third kappa shape index (κ3) is 3.70. The van der Waals surface area contributed by atoms with Gasteiger partial charge in [-0.1, -0.05) is 31.2 Å². The highest BCUT2D eigenvalue weighted by molar-refractivity contribution is 5.28. The van der Waals surface area contributed by atoms with Gasteiger partial charge in [0.2, 0.25) is 0 Å². The highest BCUT2D eigenvalue weighted by Gasteiger charge is 2.14. The molecule has 0 aliphatic rings. The second-order valence-electron chi connectivity index (χ2n) is 5.27. The summed E-state index contributed by atoms with van der Waals surface area (Å²) in [6.45, 7) is 8.46. The van der Waals surface area contributed by atoms with Crippen molar-refractivity contribution in [2.24, 2.45) is 0 Å². The molecule has 1 N–H and O–H groups in total. The fourth-order valence-electron chi connectivity index (χ4n) is 2.42. The van der Waals surface area contributed by atoms with Crippen LogP contribution in [0.4, 0.5) is 0 Å². The lowest BCUT2D eigenvalue weighted by atomic mass is 9.98. The minimum atomic E-state index is 0.344. The summed E-state index contributed by atoms with van der Waals surface area (Å²) in [6, 6.07) is 8.97.